The Morgan fingerprint density at radius 3 is 2.52 bits per heavy atom. The van der Waals surface area contributed by atoms with Crippen molar-refractivity contribution < 1.29 is 9.53 Å². The molecule has 1 aromatic heterocycles. The average Bonchev–Trinajstić information content (AvgIpc) is 2.72. The summed E-state index contributed by atoms with van der Waals surface area (Å²) in [6.45, 7) is 5.63. The molecule has 1 amide bonds. The Morgan fingerprint density at radius 1 is 1.17 bits per heavy atom. The van der Waals surface area contributed by atoms with Crippen molar-refractivity contribution in [3.63, 3.8) is 0 Å². The second-order valence-corrected chi connectivity index (χ2v) is 6.99. The third kappa shape index (κ3) is 4.61. The van der Waals surface area contributed by atoms with Crippen molar-refractivity contribution in [2.45, 2.75) is 39.5 Å². The minimum Gasteiger partial charge on any atom is -0.481 e. The molecule has 0 radical (unpaired) electrons. The number of aromatic nitrogens is 2. The summed E-state index contributed by atoms with van der Waals surface area (Å²) in [6, 6.07) is 15.6. The first kappa shape index (κ1) is 20.1. The molecule has 0 aliphatic heterocycles. The number of ether oxygens (including phenoxy) is 1. The molecule has 7 nitrogen and oxygen atoms in total. The summed E-state index contributed by atoms with van der Waals surface area (Å²) in [5.41, 5.74) is 0.874. The number of H-pyrrole nitrogens is 1. The Kier molecular flexibility index (Phi) is 5.93. The van der Waals surface area contributed by atoms with E-state index in [2.05, 4.69) is 9.97 Å². The molecule has 1 heterocycles. The molecule has 0 saturated carbocycles. The molecule has 1 N–H and O–H groups in total. The third-order valence-corrected chi connectivity index (χ3v) is 4.53. The maximum Gasteiger partial charge on any atom is 0.263 e. The number of carbonyl (C=O) groups excluding carboxylic acids is 1. The fourth-order valence-corrected chi connectivity index (χ4v) is 2.98. The molecular formula is C22H22N4O3. The normalized spacial score (nSPS) is 11.8. The van der Waals surface area contributed by atoms with E-state index in [1.165, 1.54) is 0 Å². The van der Waals surface area contributed by atoms with Gasteiger partial charge in [-0.2, -0.15) is 5.26 Å². The monoisotopic (exact) mass is 390 g/mol. The van der Waals surface area contributed by atoms with Crippen molar-refractivity contribution in [2.75, 3.05) is 0 Å². The highest BCUT2D eigenvalue weighted by atomic mass is 16.5. The predicted molar refractivity (Wildman–Crippen MR) is 109 cm³/mol. The van der Waals surface area contributed by atoms with Crippen molar-refractivity contribution in [2.24, 2.45) is 0 Å². The molecule has 29 heavy (non-hydrogen) atoms. The SMILES string of the molecule is CC(Oc1ccc(C#N)cc1)C(=O)N(Cc1nc2ccccc2c(=O)[nH]1)C(C)C. The number of hydrogen-bond acceptors (Lipinski definition) is 5. The number of nitrogens with one attached hydrogen (secondary N) is 1. The van der Waals surface area contributed by atoms with Crippen LogP contribution in [0.1, 0.15) is 32.2 Å². The Labute approximate surface area is 168 Å². The first-order chi connectivity index (χ1) is 13.9. The lowest BCUT2D eigenvalue weighted by molar-refractivity contribution is -0.140. The van der Waals surface area contributed by atoms with E-state index in [0.717, 1.165) is 0 Å². The van der Waals surface area contributed by atoms with Crippen molar-refractivity contribution in [1.82, 2.24) is 14.9 Å². The first-order valence-electron chi connectivity index (χ1n) is 9.34. The molecular weight excluding hydrogens is 368 g/mol. The minimum atomic E-state index is -0.738. The Hall–Kier alpha value is -3.66. The van der Waals surface area contributed by atoms with Crippen LogP contribution in [-0.2, 0) is 11.3 Å². The molecule has 3 aromatic rings. The van der Waals surface area contributed by atoms with Crippen LogP contribution in [0.25, 0.3) is 10.9 Å². The van der Waals surface area contributed by atoms with Gasteiger partial charge in [0.15, 0.2) is 6.10 Å². The van der Waals surface area contributed by atoms with Crippen LogP contribution in [0.4, 0.5) is 0 Å². The number of hydrogen-bond donors (Lipinski definition) is 1. The Bertz CT molecular complexity index is 1110. The average molecular weight is 390 g/mol. The number of para-hydroxylation sites is 1. The zero-order valence-corrected chi connectivity index (χ0v) is 16.5. The van der Waals surface area contributed by atoms with E-state index in [1.54, 1.807) is 54.3 Å². The lowest BCUT2D eigenvalue weighted by Crippen LogP contribution is -2.44. The van der Waals surface area contributed by atoms with E-state index in [4.69, 9.17) is 10.00 Å². The summed E-state index contributed by atoms with van der Waals surface area (Å²) >= 11 is 0. The van der Waals surface area contributed by atoms with Crippen LogP contribution in [0.15, 0.2) is 53.3 Å². The summed E-state index contributed by atoms with van der Waals surface area (Å²) in [4.78, 5) is 34.1. The number of carbonyl (C=O) groups is 1. The highest BCUT2D eigenvalue weighted by molar-refractivity contribution is 5.81. The number of nitrogens with zero attached hydrogens (tertiary/aromatic N) is 3. The van der Waals surface area contributed by atoms with Crippen LogP contribution in [0.5, 0.6) is 5.75 Å². The Balaban J connectivity index is 1.79. The molecule has 148 valence electrons. The number of rotatable bonds is 6. The van der Waals surface area contributed by atoms with Crippen LogP contribution in [0.2, 0.25) is 0 Å². The highest BCUT2D eigenvalue weighted by Gasteiger charge is 2.25. The molecule has 3 rings (SSSR count). The maximum absolute atomic E-state index is 13.0. The van der Waals surface area contributed by atoms with Gasteiger partial charge in [0.25, 0.3) is 11.5 Å². The lowest BCUT2D eigenvalue weighted by atomic mass is 10.2. The summed E-state index contributed by atoms with van der Waals surface area (Å²) in [5, 5.41) is 9.39. The second-order valence-electron chi connectivity index (χ2n) is 6.99. The molecule has 2 aromatic carbocycles. The van der Waals surface area contributed by atoms with E-state index in [0.29, 0.717) is 28.0 Å². The van der Waals surface area contributed by atoms with Gasteiger partial charge >= 0.3 is 0 Å². The van der Waals surface area contributed by atoms with Crippen LogP contribution < -0.4 is 10.3 Å². The van der Waals surface area contributed by atoms with Gasteiger partial charge in [0.1, 0.15) is 11.6 Å². The van der Waals surface area contributed by atoms with E-state index < -0.39 is 6.10 Å². The van der Waals surface area contributed by atoms with Crippen molar-refractivity contribution in [3.05, 3.63) is 70.3 Å². The number of aromatic amines is 1. The van der Waals surface area contributed by atoms with Gasteiger partial charge in [-0.3, -0.25) is 9.59 Å². The number of fused-ring (bicyclic) bond motifs is 1. The summed E-state index contributed by atoms with van der Waals surface area (Å²) in [5.74, 6) is 0.701. The van der Waals surface area contributed by atoms with Gasteiger partial charge in [-0.1, -0.05) is 12.1 Å². The molecule has 1 unspecified atom stereocenters. The van der Waals surface area contributed by atoms with Crippen molar-refractivity contribution in [3.8, 4) is 11.8 Å². The fraction of sp³-hybridized carbons (Fsp3) is 0.273. The molecule has 0 aliphatic rings. The van der Waals surface area contributed by atoms with E-state index >= 15 is 0 Å². The van der Waals surface area contributed by atoms with E-state index in [9.17, 15) is 9.59 Å². The second kappa shape index (κ2) is 8.57. The van der Waals surface area contributed by atoms with Crippen LogP contribution in [-0.4, -0.2) is 32.9 Å². The van der Waals surface area contributed by atoms with Crippen molar-refractivity contribution >= 4 is 16.8 Å². The van der Waals surface area contributed by atoms with E-state index in [-0.39, 0.29) is 24.1 Å². The molecule has 0 fully saturated rings. The van der Waals surface area contributed by atoms with Crippen LogP contribution in [0.3, 0.4) is 0 Å². The quantitative estimate of drug-likeness (QED) is 0.697. The number of amides is 1. The number of nitriles is 1. The fourth-order valence-electron chi connectivity index (χ4n) is 2.98. The van der Waals surface area contributed by atoms with Gasteiger partial charge in [0, 0.05) is 6.04 Å². The summed E-state index contributed by atoms with van der Waals surface area (Å²) < 4.78 is 5.75. The summed E-state index contributed by atoms with van der Waals surface area (Å²) in [7, 11) is 0. The van der Waals surface area contributed by atoms with Gasteiger partial charge in [-0.25, -0.2) is 4.98 Å². The van der Waals surface area contributed by atoms with Gasteiger partial charge in [-0.05, 0) is 57.2 Å². The minimum absolute atomic E-state index is 0.119. The van der Waals surface area contributed by atoms with Crippen LogP contribution >= 0.6 is 0 Å². The predicted octanol–water partition coefficient (Wildman–Crippen LogP) is 3.00. The maximum atomic E-state index is 13.0. The zero-order valence-electron chi connectivity index (χ0n) is 16.5. The van der Waals surface area contributed by atoms with Crippen molar-refractivity contribution in [1.29, 1.82) is 5.26 Å². The zero-order chi connectivity index (χ0) is 21.0. The molecule has 0 spiro atoms. The standard InChI is InChI=1S/C22H22N4O3/c1-14(2)26(13-20-24-19-7-5-4-6-18(19)21(27)25-20)22(28)15(3)29-17-10-8-16(12-23)9-11-17/h4-11,14-15H,13H2,1-3H3,(H,24,25,27). The van der Waals surface area contributed by atoms with Crippen LogP contribution in [0, 0.1) is 11.3 Å². The largest absolute Gasteiger partial charge is 0.481 e. The van der Waals surface area contributed by atoms with Gasteiger partial charge in [-0.15, -0.1) is 0 Å². The highest BCUT2D eigenvalue weighted by Crippen LogP contribution is 2.16. The molecule has 0 bridgehead atoms. The molecule has 0 saturated heterocycles. The van der Waals surface area contributed by atoms with E-state index in [1.807, 2.05) is 26.0 Å². The lowest BCUT2D eigenvalue weighted by Gasteiger charge is -2.29. The molecule has 7 heteroatoms. The molecule has 0 aliphatic carbocycles. The third-order valence-electron chi connectivity index (χ3n) is 4.53. The first-order valence-corrected chi connectivity index (χ1v) is 9.34. The molecule has 1 atom stereocenters. The Morgan fingerprint density at radius 2 is 1.86 bits per heavy atom. The summed E-state index contributed by atoms with van der Waals surface area (Å²) in [6.07, 6.45) is -0.738. The van der Waals surface area contributed by atoms with Gasteiger partial charge in [0.05, 0.1) is 29.1 Å². The smallest absolute Gasteiger partial charge is 0.263 e. The van der Waals surface area contributed by atoms with Gasteiger partial charge < -0.3 is 14.6 Å². The topological polar surface area (TPSA) is 99.1 Å². The van der Waals surface area contributed by atoms with Gasteiger partial charge in [0.2, 0.25) is 0 Å². The number of benzene rings is 2.